The zero-order valence-electron chi connectivity index (χ0n) is 25.5. The Balaban J connectivity index is 1.80. The second-order valence-electron chi connectivity index (χ2n) is 11.3. The van der Waals surface area contributed by atoms with Gasteiger partial charge in [-0.3, -0.25) is 19.1 Å². The van der Waals surface area contributed by atoms with Gasteiger partial charge in [0.2, 0.25) is 5.91 Å². The number of amides is 1. The van der Waals surface area contributed by atoms with Gasteiger partial charge in [-0.05, 0) is 88.7 Å². The molecule has 1 atom stereocenters. The number of carbonyl (C=O) groups is 1. The van der Waals surface area contributed by atoms with E-state index in [1.54, 1.807) is 60.4 Å². The predicted molar refractivity (Wildman–Crippen MR) is 164 cm³/mol. The zero-order valence-corrected chi connectivity index (χ0v) is 25.5. The third kappa shape index (κ3) is 7.17. The lowest BCUT2D eigenvalue weighted by molar-refractivity contribution is -0.137. The van der Waals surface area contributed by atoms with Crippen molar-refractivity contribution >= 4 is 16.8 Å². The van der Waals surface area contributed by atoms with Gasteiger partial charge in [0.25, 0.3) is 5.56 Å². The summed E-state index contributed by atoms with van der Waals surface area (Å²) in [6.45, 7) is 10.9. The number of hydrogen-bond donors (Lipinski definition) is 0. The standard InChI is InChI=1S/C34H36F3N5O2/c1-22(2)40(23(3)4)18-19-41(31(43)20-25-10-14-27(15-11-25)34(35,36)37)24(5)32-39-30-9-7-6-8-29(30)33(44)42(32)28-16-12-26(21-38)13-17-28/h6-17,22-24H,18-20H2,1-5H3/t24-/m1/s1. The summed E-state index contributed by atoms with van der Waals surface area (Å²) in [6.07, 6.45) is -4.60. The third-order valence-corrected chi connectivity index (χ3v) is 7.78. The van der Waals surface area contributed by atoms with Gasteiger partial charge in [-0.15, -0.1) is 0 Å². The van der Waals surface area contributed by atoms with E-state index in [9.17, 15) is 28.0 Å². The third-order valence-electron chi connectivity index (χ3n) is 7.78. The molecule has 0 radical (unpaired) electrons. The van der Waals surface area contributed by atoms with Gasteiger partial charge in [0, 0.05) is 25.2 Å². The van der Waals surface area contributed by atoms with Crippen molar-refractivity contribution in [3.63, 3.8) is 0 Å². The Bertz CT molecular complexity index is 1700. The average Bonchev–Trinajstić information content (AvgIpc) is 2.98. The molecule has 0 bridgehead atoms. The first kappa shape index (κ1) is 32.4. The smallest absolute Gasteiger partial charge is 0.331 e. The van der Waals surface area contributed by atoms with Crippen molar-refractivity contribution in [2.45, 2.75) is 65.3 Å². The Morgan fingerprint density at radius 2 is 1.52 bits per heavy atom. The lowest BCUT2D eigenvalue weighted by atomic mass is 10.1. The first-order valence-corrected chi connectivity index (χ1v) is 14.6. The van der Waals surface area contributed by atoms with Crippen molar-refractivity contribution < 1.29 is 18.0 Å². The summed E-state index contributed by atoms with van der Waals surface area (Å²) in [5, 5.41) is 9.70. The maximum Gasteiger partial charge on any atom is 0.416 e. The molecule has 4 rings (SSSR count). The highest BCUT2D eigenvalue weighted by atomic mass is 19.4. The van der Waals surface area contributed by atoms with Crippen molar-refractivity contribution in [1.82, 2.24) is 19.4 Å². The number of hydrogen-bond acceptors (Lipinski definition) is 5. The predicted octanol–water partition coefficient (Wildman–Crippen LogP) is 6.53. The van der Waals surface area contributed by atoms with Crippen LogP contribution in [0.4, 0.5) is 13.2 Å². The molecule has 1 heterocycles. The van der Waals surface area contributed by atoms with E-state index >= 15 is 0 Å². The SMILES string of the molecule is CC(C)N(CCN(C(=O)Cc1ccc(C(F)(F)F)cc1)[C@H](C)c1nc2ccccc2c(=O)n1-c1ccc(C#N)cc1)C(C)C. The monoisotopic (exact) mass is 603 g/mol. The normalized spacial score (nSPS) is 12.6. The number of benzene rings is 3. The molecule has 0 N–H and O–H groups in total. The molecule has 0 unspecified atom stereocenters. The van der Waals surface area contributed by atoms with Crippen molar-refractivity contribution in [1.29, 1.82) is 5.26 Å². The molecule has 0 aliphatic carbocycles. The fraction of sp³-hybridized carbons (Fsp3) is 0.353. The largest absolute Gasteiger partial charge is 0.416 e. The van der Waals surface area contributed by atoms with Crippen LogP contribution in [0.3, 0.4) is 0 Å². The number of para-hydroxylation sites is 1. The lowest BCUT2D eigenvalue weighted by Crippen LogP contribution is -2.46. The number of nitriles is 1. The van der Waals surface area contributed by atoms with Crippen molar-refractivity contribution in [2.24, 2.45) is 0 Å². The van der Waals surface area contributed by atoms with Gasteiger partial charge in [-0.2, -0.15) is 18.4 Å². The van der Waals surface area contributed by atoms with Crippen LogP contribution in [0.5, 0.6) is 0 Å². The van der Waals surface area contributed by atoms with E-state index in [1.807, 2.05) is 0 Å². The highest BCUT2D eigenvalue weighted by Crippen LogP contribution is 2.30. The molecular weight excluding hydrogens is 567 g/mol. The van der Waals surface area contributed by atoms with Crippen molar-refractivity contribution in [2.75, 3.05) is 13.1 Å². The molecule has 1 amide bonds. The van der Waals surface area contributed by atoms with E-state index in [2.05, 4.69) is 38.7 Å². The number of halogens is 3. The van der Waals surface area contributed by atoms with Gasteiger partial charge in [0.05, 0.1) is 46.2 Å². The van der Waals surface area contributed by atoms with Crippen LogP contribution in [0, 0.1) is 11.3 Å². The molecular formula is C34H36F3N5O2. The Labute approximate surface area is 255 Å². The Morgan fingerprint density at radius 3 is 2.09 bits per heavy atom. The van der Waals surface area contributed by atoms with Gasteiger partial charge >= 0.3 is 6.18 Å². The van der Waals surface area contributed by atoms with Crippen LogP contribution >= 0.6 is 0 Å². The number of alkyl halides is 3. The molecule has 0 saturated carbocycles. The van der Waals surface area contributed by atoms with E-state index in [0.29, 0.717) is 46.6 Å². The first-order valence-electron chi connectivity index (χ1n) is 14.6. The highest BCUT2D eigenvalue weighted by Gasteiger charge is 2.31. The minimum atomic E-state index is -4.48. The van der Waals surface area contributed by atoms with Crippen LogP contribution < -0.4 is 5.56 Å². The van der Waals surface area contributed by atoms with Gasteiger partial charge in [0.15, 0.2) is 0 Å². The average molecular weight is 604 g/mol. The van der Waals surface area contributed by atoms with Gasteiger partial charge in [0.1, 0.15) is 5.82 Å². The molecule has 0 saturated heterocycles. The Morgan fingerprint density at radius 1 is 0.909 bits per heavy atom. The minimum Gasteiger partial charge on any atom is -0.331 e. The fourth-order valence-corrected chi connectivity index (χ4v) is 5.46. The van der Waals surface area contributed by atoms with Gasteiger partial charge in [-0.1, -0.05) is 24.3 Å². The summed E-state index contributed by atoms with van der Waals surface area (Å²) in [4.78, 5) is 36.6. The number of fused-ring (bicyclic) bond motifs is 1. The summed E-state index contributed by atoms with van der Waals surface area (Å²) < 4.78 is 40.9. The minimum absolute atomic E-state index is 0.124. The summed E-state index contributed by atoms with van der Waals surface area (Å²) in [7, 11) is 0. The molecule has 0 fully saturated rings. The fourth-order valence-electron chi connectivity index (χ4n) is 5.46. The first-order chi connectivity index (χ1) is 20.8. The molecule has 3 aromatic carbocycles. The van der Waals surface area contributed by atoms with E-state index in [-0.39, 0.29) is 30.0 Å². The summed E-state index contributed by atoms with van der Waals surface area (Å²) >= 11 is 0. The van der Waals surface area contributed by atoms with Crippen LogP contribution in [0.2, 0.25) is 0 Å². The molecule has 44 heavy (non-hydrogen) atoms. The van der Waals surface area contributed by atoms with Crippen molar-refractivity contribution in [3.05, 3.63) is 106 Å². The quantitative estimate of drug-likeness (QED) is 0.206. The molecule has 0 aliphatic heterocycles. The van der Waals surface area contributed by atoms with Crippen LogP contribution in [0.15, 0.2) is 77.6 Å². The summed E-state index contributed by atoms with van der Waals surface area (Å²) in [5.41, 5.74) is 0.751. The zero-order chi connectivity index (χ0) is 32.2. The topological polar surface area (TPSA) is 82.2 Å². The van der Waals surface area contributed by atoms with Crippen LogP contribution in [0.1, 0.15) is 63.2 Å². The molecule has 1 aromatic heterocycles. The van der Waals surface area contributed by atoms with E-state index in [0.717, 1.165) is 12.1 Å². The maximum atomic E-state index is 14.0. The molecule has 4 aromatic rings. The van der Waals surface area contributed by atoms with Gasteiger partial charge in [-0.25, -0.2) is 4.98 Å². The number of nitrogens with zero attached hydrogens (tertiary/aromatic N) is 5. The molecule has 230 valence electrons. The highest BCUT2D eigenvalue weighted by molar-refractivity contribution is 5.80. The van der Waals surface area contributed by atoms with Gasteiger partial charge < -0.3 is 4.90 Å². The lowest BCUT2D eigenvalue weighted by Gasteiger charge is -2.36. The summed E-state index contributed by atoms with van der Waals surface area (Å²) in [6, 6.07) is 19.9. The second kappa shape index (κ2) is 13.4. The Kier molecular flexibility index (Phi) is 9.90. The molecule has 0 spiro atoms. The van der Waals surface area contributed by atoms with E-state index in [4.69, 9.17) is 4.98 Å². The number of carbonyl (C=O) groups excluding carboxylic acids is 1. The summed E-state index contributed by atoms with van der Waals surface area (Å²) in [5.74, 6) is 0.0262. The molecule has 10 heteroatoms. The number of aromatic nitrogens is 2. The van der Waals surface area contributed by atoms with E-state index < -0.39 is 17.8 Å². The van der Waals surface area contributed by atoms with Crippen LogP contribution in [-0.4, -0.2) is 50.4 Å². The van der Waals surface area contributed by atoms with Crippen LogP contribution in [-0.2, 0) is 17.4 Å². The maximum absolute atomic E-state index is 14.0. The van der Waals surface area contributed by atoms with Crippen LogP contribution in [0.25, 0.3) is 16.6 Å². The molecule has 0 aliphatic rings. The molecule has 7 nitrogen and oxygen atoms in total. The second-order valence-corrected chi connectivity index (χ2v) is 11.3. The Hall–Kier alpha value is -4.49. The van der Waals surface area contributed by atoms with Crippen molar-refractivity contribution in [3.8, 4) is 11.8 Å². The van der Waals surface area contributed by atoms with E-state index in [1.165, 1.54) is 16.7 Å². The number of rotatable bonds is 10.